The molecule has 0 aliphatic carbocycles. The van der Waals surface area contributed by atoms with Gasteiger partial charge in [0.1, 0.15) is 5.82 Å². The Hall–Kier alpha value is -2.09. The van der Waals surface area contributed by atoms with E-state index in [1.807, 2.05) is 0 Å². The highest BCUT2D eigenvalue weighted by atomic mass is 16.4. The van der Waals surface area contributed by atoms with Crippen molar-refractivity contribution in [3.8, 4) is 0 Å². The van der Waals surface area contributed by atoms with Gasteiger partial charge in [0.15, 0.2) is 6.04 Å². The molecule has 0 fully saturated rings. The number of rotatable bonds is 5. The van der Waals surface area contributed by atoms with Gasteiger partial charge in [-0.25, -0.2) is 14.6 Å². The molecular weight excluding hydrogens is 228 g/mol. The predicted molar refractivity (Wildman–Crippen MR) is 57.1 cm³/mol. The van der Waals surface area contributed by atoms with E-state index in [1.165, 1.54) is 0 Å². The summed E-state index contributed by atoms with van der Waals surface area (Å²) in [5.41, 5.74) is 0. The van der Waals surface area contributed by atoms with E-state index >= 15 is 0 Å². The Balaban J connectivity index is 2.40. The van der Waals surface area contributed by atoms with Gasteiger partial charge in [-0.1, -0.05) is 0 Å². The van der Waals surface area contributed by atoms with Crippen LogP contribution in [0.5, 0.6) is 0 Å². The number of aromatic nitrogens is 2. The summed E-state index contributed by atoms with van der Waals surface area (Å²) in [4.78, 5) is 25.8. The third-order valence-corrected chi connectivity index (χ3v) is 2.11. The molecule has 1 aromatic rings. The average Bonchev–Trinajstić information content (AvgIpc) is 2.68. The lowest BCUT2D eigenvalue weighted by atomic mass is 10.3. The fourth-order valence-corrected chi connectivity index (χ4v) is 1.12. The van der Waals surface area contributed by atoms with Crippen LogP contribution in [0.2, 0.25) is 0 Å². The lowest BCUT2D eigenvalue weighted by molar-refractivity contribution is -0.140. The summed E-state index contributed by atoms with van der Waals surface area (Å²) in [6.45, 7) is -0.488. The number of hydrogen-bond donors (Lipinski definition) is 4. The van der Waals surface area contributed by atoms with Gasteiger partial charge in [-0.2, -0.15) is 0 Å². The number of carboxylic acids is 1. The second-order valence-corrected chi connectivity index (χ2v) is 3.35. The number of amides is 2. The molecule has 8 heteroatoms. The zero-order chi connectivity index (χ0) is 12.8. The predicted octanol–water partition coefficient (Wildman–Crippen LogP) is -1.34. The van der Waals surface area contributed by atoms with Gasteiger partial charge < -0.3 is 25.4 Å². The first-order valence-electron chi connectivity index (χ1n) is 4.88. The number of nitrogens with one attached hydrogen (secondary N) is 2. The lowest BCUT2D eigenvalue weighted by Gasteiger charge is -2.12. The first-order chi connectivity index (χ1) is 8.04. The fraction of sp³-hybridized carbons (Fsp3) is 0.444. The highest BCUT2D eigenvalue weighted by Gasteiger charge is 2.18. The molecule has 1 atom stereocenters. The number of aryl methyl sites for hydroxylation is 1. The number of carbonyl (C=O) groups excluding carboxylic acids is 1. The summed E-state index contributed by atoms with van der Waals surface area (Å²) in [5, 5.41) is 21.9. The van der Waals surface area contributed by atoms with Gasteiger partial charge in [-0.15, -0.1) is 0 Å². The van der Waals surface area contributed by atoms with Crippen molar-refractivity contribution < 1.29 is 19.8 Å². The number of urea groups is 1. The Morgan fingerprint density at radius 3 is 2.76 bits per heavy atom. The number of carboxylic acid groups (broad SMARTS) is 1. The molecule has 0 saturated heterocycles. The second kappa shape index (κ2) is 5.85. The molecule has 0 bridgehead atoms. The third kappa shape index (κ3) is 3.76. The molecular formula is C9H14N4O4. The standard InChI is InChI=1S/C9H14N4O4/c1-13-3-2-10-7(13)4-11-9(17)12-6(5-14)8(15)16/h2-3,6,14H,4-5H2,1H3,(H,15,16)(H2,11,12,17)/t6-/m1/s1. The first kappa shape index (κ1) is 13.0. The maximum atomic E-state index is 11.3. The van der Waals surface area contributed by atoms with E-state index in [0.29, 0.717) is 5.82 Å². The molecule has 94 valence electrons. The van der Waals surface area contributed by atoms with Crippen LogP contribution in [-0.4, -0.2) is 44.4 Å². The number of hydrogen-bond acceptors (Lipinski definition) is 4. The SMILES string of the molecule is Cn1ccnc1CNC(=O)N[C@H](CO)C(=O)O. The molecule has 8 nitrogen and oxygen atoms in total. The zero-order valence-corrected chi connectivity index (χ0v) is 9.25. The van der Waals surface area contributed by atoms with Gasteiger partial charge >= 0.3 is 12.0 Å². The van der Waals surface area contributed by atoms with E-state index in [0.717, 1.165) is 0 Å². The van der Waals surface area contributed by atoms with E-state index in [-0.39, 0.29) is 6.54 Å². The number of aliphatic hydroxyl groups is 1. The molecule has 1 heterocycles. The number of nitrogens with zero attached hydrogens (tertiary/aromatic N) is 2. The number of carbonyl (C=O) groups is 2. The Morgan fingerprint density at radius 2 is 2.29 bits per heavy atom. The number of imidazole rings is 1. The largest absolute Gasteiger partial charge is 0.480 e. The molecule has 0 aliphatic rings. The molecule has 0 aromatic carbocycles. The highest BCUT2D eigenvalue weighted by Crippen LogP contribution is 1.92. The van der Waals surface area contributed by atoms with E-state index in [4.69, 9.17) is 10.2 Å². The van der Waals surface area contributed by atoms with Gasteiger partial charge in [0.25, 0.3) is 0 Å². The quantitative estimate of drug-likeness (QED) is 0.510. The van der Waals surface area contributed by atoms with Crippen LogP contribution in [0, 0.1) is 0 Å². The first-order valence-corrected chi connectivity index (χ1v) is 4.88. The maximum Gasteiger partial charge on any atom is 0.328 e. The van der Waals surface area contributed by atoms with Crippen molar-refractivity contribution in [2.75, 3.05) is 6.61 Å². The molecule has 4 N–H and O–H groups in total. The van der Waals surface area contributed by atoms with Crippen LogP contribution in [-0.2, 0) is 18.4 Å². The Bertz CT molecular complexity index is 403. The Kier molecular flexibility index (Phi) is 4.46. The molecule has 0 radical (unpaired) electrons. The van der Waals surface area contributed by atoms with Gasteiger partial charge in [-0.3, -0.25) is 0 Å². The molecule has 2 amide bonds. The van der Waals surface area contributed by atoms with Gasteiger partial charge in [0.05, 0.1) is 13.2 Å². The summed E-state index contributed by atoms with van der Waals surface area (Å²) < 4.78 is 1.72. The smallest absolute Gasteiger partial charge is 0.328 e. The maximum absolute atomic E-state index is 11.3. The molecule has 0 aliphatic heterocycles. The van der Waals surface area contributed by atoms with Crippen LogP contribution in [0.1, 0.15) is 5.82 Å². The van der Waals surface area contributed by atoms with Crippen molar-refractivity contribution in [1.29, 1.82) is 0 Å². The minimum atomic E-state index is -1.31. The lowest BCUT2D eigenvalue weighted by Crippen LogP contribution is -2.47. The Labute approximate surface area is 97.3 Å². The van der Waals surface area contributed by atoms with Gasteiger partial charge in [0.2, 0.25) is 0 Å². The summed E-state index contributed by atoms with van der Waals surface area (Å²) in [5.74, 6) is -0.657. The van der Waals surface area contributed by atoms with Gasteiger partial charge in [-0.05, 0) is 0 Å². The van der Waals surface area contributed by atoms with Gasteiger partial charge in [0, 0.05) is 19.4 Å². The van der Waals surface area contributed by atoms with Crippen LogP contribution >= 0.6 is 0 Å². The van der Waals surface area contributed by atoms with Crippen molar-refractivity contribution in [1.82, 2.24) is 20.2 Å². The zero-order valence-electron chi connectivity index (χ0n) is 9.25. The minimum absolute atomic E-state index is 0.174. The summed E-state index contributed by atoms with van der Waals surface area (Å²) in [6, 6.07) is -1.98. The molecule has 0 spiro atoms. The molecule has 1 aromatic heterocycles. The van der Waals surface area contributed by atoms with Crippen molar-refractivity contribution in [2.24, 2.45) is 7.05 Å². The summed E-state index contributed by atoms with van der Waals surface area (Å²) in [6.07, 6.45) is 3.31. The van der Waals surface area contributed by atoms with Crippen LogP contribution < -0.4 is 10.6 Å². The van der Waals surface area contributed by atoms with E-state index < -0.39 is 24.6 Å². The van der Waals surface area contributed by atoms with Crippen molar-refractivity contribution >= 4 is 12.0 Å². The molecule has 0 unspecified atom stereocenters. The third-order valence-electron chi connectivity index (χ3n) is 2.11. The highest BCUT2D eigenvalue weighted by molar-refractivity contribution is 5.82. The van der Waals surface area contributed by atoms with Crippen LogP contribution in [0.25, 0.3) is 0 Å². The molecule has 17 heavy (non-hydrogen) atoms. The number of aliphatic hydroxyl groups excluding tert-OH is 1. The van der Waals surface area contributed by atoms with E-state index in [9.17, 15) is 9.59 Å². The monoisotopic (exact) mass is 242 g/mol. The van der Waals surface area contributed by atoms with Crippen molar-refractivity contribution in [3.63, 3.8) is 0 Å². The average molecular weight is 242 g/mol. The van der Waals surface area contributed by atoms with E-state index in [2.05, 4.69) is 15.6 Å². The topological polar surface area (TPSA) is 116 Å². The fourth-order valence-electron chi connectivity index (χ4n) is 1.12. The van der Waals surface area contributed by atoms with Crippen LogP contribution in [0.4, 0.5) is 4.79 Å². The van der Waals surface area contributed by atoms with Crippen molar-refractivity contribution in [2.45, 2.75) is 12.6 Å². The van der Waals surface area contributed by atoms with E-state index in [1.54, 1.807) is 24.0 Å². The number of aliphatic carboxylic acids is 1. The second-order valence-electron chi connectivity index (χ2n) is 3.35. The molecule has 1 rings (SSSR count). The normalized spacial score (nSPS) is 11.9. The van der Waals surface area contributed by atoms with Crippen LogP contribution in [0.3, 0.4) is 0 Å². The van der Waals surface area contributed by atoms with Crippen molar-refractivity contribution in [3.05, 3.63) is 18.2 Å². The van der Waals surface area contributed by atoms with Crippen LogP contribution in [0.15, 0.2) is 12.4 Å². The summed E-state index contributed by atoms with van der Waals surface area (Å²) >= 11 is 0. The Morgan fingerprint density at radius 1 is 1.59 bits per heavy atom. The summed E-state index contributed by atoms with van der Waals surface area (Å²) in [7, 11) is 1.77. The molecule has 0 saturated carbocycles. The minimum Gasteiger partial charge on any atom is -0.480 e.